The topological polar surface area (TPSA) is 83.9 Å². The number of carbonyl (C=O) groups excluding carboxylic acids is 2. The molecule has 0 radical (unpaired) electrons. The molecule has 2 rings (SSSR count). The number of hydrogen-bond acceptors (Lipinski definition) is 4. The molecule has 1 aromatic carbocycles. The summed E-state index contributed by atoms with van der Waals surface area (Å²) in [6.45, 7) is 4.73. The van der Waals surface area contributed by atoms with Gasteiger partial charge in [-0.15, -0.1) is 0 Å². The van der Waals surface area contributed by atoms with Gasteiger partial charge in [0, 0.05) is 0 Å². The molecule has 1 aromatic rings. The van der Waals surface area contributed by atoms with Gasteiger partial charge in [0.15, 0.2) is 6.04 Å². The second-order valence-corrected chi connectivity index (χ2v) is 7.78. The molecule has 1 N–H and O–H groups in total. The third kappa shape index (κ3) is 3.59. The van der Waals surface area contributed by atoms with E-state index in [0.29, 0.717) is 4.90 Å². The van der Waals surface area contributed by atoms with Crippen LogP contribution >= 0.6 is 46.4 Å². The molecule has 0 unspecified atom stereocenters. The second kappa shape index (κ2) is 6.93. The molecule has 136 valence electrons. The van der Waals surface area contributed by atoms with Crippen LogP contribution in [0.1, 0.15) is 41.5 Å². The van der Waals surface area contributed by atoms with Crippen molar-refractivity contribution < 1.29 is 24.2 Å². The van der Waals surface area contributed by atoms with Crippen molar-refractivity contribution in [3.05, 3.63) is 31.2 Å². The van der Waals surface area contributed by atoms with Gasteiger partial charge in [0.2, 0.25) is 0 Å². The minimum atomic E-state index is -1.56. The van der Waals surface area contributed by atoms with E-state index in [1.54, 1.807) is 20.8 Å². The van der Waals surface area contributed by atoms with E-state index in [9.17, 15) is 19.5 Å². The molecular formula is C15H13Cl4NO5. The standard InChI is InChI=1S/C15H13Cl4NO5/c1-15(2,3)25-4-5(14(23)24)20-12(21)6-7(13(20)22)9(17)11(19)10(18)8(6)16/h5H,4H2,1-3H3,(H,23,24)/t5-/m0/s1. The van der Waals surface area contributed by atoms with E-state index in [1.165, 1.54) is 0 Å². The number of carboxylic acid groups (broad SMARTS) is 1. The highest BCUT2D eigenvalue weighted by Gasteiger charge is 2.47. The van der Waals surface area contributed by atoms with Gasteiger partial charge in [-0.3, -0.25) is 14.5 Å². The summed E-state index contributed by atoms with van der Waals surface area (Å²) in [5.41, 5.74) is -1.21. The first kappa shape index (κ1) is 20.3. The lowest BCUT2D eigenvalue weighted by molar-refractivity contribution is -0.145. The van der Waals surface area contributed by atoms with Crippen molar-refractivity contribution in [2.75, 3.05) is 6.61 Å². The number of benzene rings is 1. The molecule has 1 aliphatic rings. The second-order valence-electron chi connectivity index (χ2n) is 6.26. The fourth-order valence-corrected chi connectivity index (χ4v) is 3.25. The van der Waals surface area contributed by atoms with E-state index in [2.05, 4.69) is 0 Å². The van der Waals surface area contributed by atoms with E-state index in [-0.39, 0.29) is 31.2 Å². The molecule has 1 heterocycles. The number of halogens is 4. The number of rotatable bonds is 4. The van der Waals surface area contributed by atoms with Gasteiger partial charge in [0.1, 0.15) is 0 Å². The number of ether oxygens (including phenoxy) is 1. The average Bonchev–Trinajstić information content (AvgIpc) is 2.74. The van der Waals surface area contributed by atoms with Crippen LogP contribution < -0.4 is 0 Å². The Bertz CT molecular complexity index is 740. The number of nitrogens with zero attached hydrogens (tertiary/aromatic N) is 1. The van der Waals surface area contributed by atoms with Crippen molar-refractivity contribution in [1.29, 1.82) is 0 Å². The number of aliphatic carboxylic acids is 1. The van der Waals surface area contributed by atoms with Gasteiger partial charge in [0.25, 0.3) is 11.8 Å². The van der Waals surface area contributed by atoms with Gasteiger partial charge in [-0.2, -0.15) is 0 Å². The first-order chi connectivity index (χ1) is 11.4. The summed E-state index contributed by atoms with van der Waals surface area (Å²) in [6, 6.07) is -1.56. The summed E-state index contributed by atoms with van der Waals surface area (Å²) in [4.78, 5) is 37.5. The highest BCUT2D eigenvalue weighted by atomic mass is 35.5. The Kier molecular flexibility index (Phi) is 5.62. The molecule has 0 aliphatic carbocycles. The van der Waals surface area contributed by atoms with Gasteiger partial charge in [-0.25, -0.2) is 4.79 Å². The highest BCUT2D eigenvalue weighted by Crippen LogP contribution is 2.45. The third-order valence-electron chi connectivity index (χ3n) is 3.40. The number of carboxylic acids is 1. The van der Waals surface area contributed by atoms with Crippen molar-refractivity contribution >= 4 is 64.2 Å². The normalized spacial score (nSPS) is 15.6. The Balaban J connectivity index is 2.53. The number of amides is 2. The minimum absolute atomic E-state index is 0.187. The van der Waals surface area contributed by atoms with E-state index < -0.39 is 36.0 Å². The van der Waals surface area contributed by atoms with Crippen LogP contribution in [0.25, 0.3) is 0 Å². The number of carbonyl (C=O) groups is 3. The third-order valence-corrected chi connectivity index (χ3v) is 5.21. The molecular weight excluding hydrogens is 416 g/mol. The zero-order valence-electron chi connectivity index (χ0n) is 13.3. The van der Waals surface area contributed by atoms with Crippen LogP contribution in [0.5, 0.6) is 0 Å². The summed E-state index contributed by atoms with van der Waals surface area (Å²) in [5, 5.41) is 8.56. The van der Waals surface area contributed by atoms with Gasteiger partial charge in [-0.05, 0) is 20.8 Å². The van der Waals surface area contributed by atoms with Gasteiger partial charge < -0.3 is 9.84 Å². The van der Waals surface area contributed by atoms with Crippen molar-refractivity contribution in [3.8, 4) is 0 Å². The Morgan fingerprint density at radius 2 is 1.40 bits per heavy atom. The van der Waals surface area contributed by atoms with Crippen molar-refractivity contribution in [1.82, 2.24) is 4.90 Å². The fraction of sp³-hybridized carbons (Fsp3) is 0.400. The molecule has 2 amide bonds. The lowest BCUT2D eigenvalue weighted by atomic mass is 10.1. The molecule has 0 aromatic heterocycles. The monoisotopic (exact) mass is 427 g/mol. The maximum absolute atomic E-state index is 12.7. The Morgan fingerprint density at radius 1 is 1.00 bits per heavy atom. The van der Waals surface area contributed by atoms with Crippen LogP contribution in [-0.2, 0) is 9.53 Å². The van der Waals surface area contributed by atoms with Crippen LogP contribution in [-0.4, -0.2) is 46.0 Å². The first-order valence-corrected chi connectivity index (χ1v) is 8.50. The molecule has 0 fully saturated rings. The number of hydrogen-bond donors (Lipinski definition) is 1. The van der Waals surface area contributed by atoms with E-state index in [4.69, 9.17) is 51.1 Å². The Hall–Kier alpha value is -1.05. The van der Waals surface area contributed by atoms with E-state index in [0.717, 1.165) is 0 Å². The lowest BCUT2D eigenvalue weighted by Gasteiger charge is -2.27. The van der Waals surface area contributed by atoms with E-state index >= 15 is 0 Å². The maximum Gasteiger partial charge on any atom is 0.329 e. The summed E-state index contributed by atoms with van der Waals surface area (Å²) in [6.07, 6.45) is 0. The minimum Gasteiger partial charge on any atom is -0.480 e. The molecule has 0 spiro atoms. The molecule has 6 nitrogen and oxygen atoms in total. The molecule has 0 bridgehead atoms. The van der Waals surface area contributed by atoms with Gasteiger partial charge in [-0.1, -0.05) is 46.4 Å². The Morgan fingerprint density at radius 3 is 1.72 bits per heavy atom. The molecule has 10 heteroatoms. The highest BCUT2D eigenvalue weighted by molar-refractivity contribution is 6.55. The molecule has 0 saturated carbocycles. The number of imide groups is 1. The van der Waals surface area contributed by atoms with Crippen LogP contribution in [0.15, 0.2) is 0 Å². The van der Waals surface area contributed by atoms with Crippen molar-refractivity contribution in [3.63, 3.8) is 0 Å². The van der Waals surface area contributed by atoms with Crippen LogP contribution in [0.4, 0.5) is 0 Å². The van der Waals surface area contributed by atoms with Crippen molar-refractivity contribution in [2.45, 2.75) is 32.4 Å². The molecule has 25 heavy (non-hydrogen) atoms. The first-order valence-electron chi connectivity index (χ1n) is 6.99. The predicted molar refractivity (Wildman–Crippen MR) is 94.1 cm³/mol. The quantitative estimate of drug-likeness (QED) is 0.442. The summed E-state index contributed by atoms with van der Waals surface area (Å²) >= 11 is 23.9. The van der Waals surface area contributed by atoms with Gasteiger partial charge in [0.05, 0.1) is 43.4 Å². The van der Waals surface area contributed by atoms with Crippen LogP contribution in [0.3, 0.4) is 0 Å². The average molecular weight is 429 g/mol. The maximum atomic E-state index is 12.7. The van der Waals surface area contributed by atoms with Crippen LogP contribution in [0.2, 0.25) is 20.1 Å². The molecule has 1 atom stereocenters. The molecule has 0 saturated heterocycles. The lowest BCUT2D eigenvalue weighted by Crippen LogP contribution is -2.48. The van der Waals surface area contributed by atoms with Gasteiger partial charge >= 0.3 is 5.97 Å². The smallest absolute Gasteiger partial charge is 0.329 e. The SMILES string of the molecule is CC(C)(C)OC[C@@H](C(=O)O)N1C(=O)c2c(Cl)c(Cl)c(Cl)c(Cl)c2C1=O. The number of fused-ring (bicyclic) bond motifs is 1. The zero-order chi connectivity index (χ0) is 19.3. The molecule has 1 aliphatic heterocycles. The zero-order valence-corrected chi connectivity index (χ0v) is 16.3. The fourth-order valence-electron chi connectivity index (χ4n) is 2.23. The van der Waals surface area contributed by atoms with Crippen LogP contribution in [0, 0.1) is 0 Å². The largest absolute Gasteiger partial charge is 0.480 e. The summed E-state index contributed by atoms with van der Waals surface area (Å²) in [5.74, 6) is -3.26. The van der Waals surface area contributed by atoms with E-state index in [1.807, 2.05) is 0 Å². The van der Waals surface area contributed by atoms with Crippen molar-refractivity contribution in [2.24, 2.45) is 0 Å². The predicted octanol–water partition coefficient (Wildman–Crippen LogP) is 4.16. The summed E-state index contributed by atoms with van der Waals surface area (Å²) < 4.78 is 5.42. The Labute approximate surface area is 163 Å². The summed E-state index contributed by atoms with van der Waals surface area (Å²) in [7, 11) is 0.